The number of piperidine rings is 1. The molecule has 0 spiro atoms. The van der Waals surface area contributed by atoms with Gasteiger partial charge in [-0.3, -0.25) is 4.79 Å². The summed E-state index contributed by atoms with van der Waals surface area (Å²) in [6.45, 7) is 3.50. The molecule has 3 atom stereocenters. The van der Waals surface area contributed by atoms with Crippen molar-refractivity contribution in [1.82, 2.24) is 10.2 Å². The van der Waals surface area contributed by atoms with Gasteiger partial charge in [-0.05, 0) is 50.0 Å². The molecule has 0 aromatic rings. The predicted octanol–water partition coefficient (Wildman–Crippen LogP) is 1.82. The van der Waals surface area contributed by atoms with Crippen LogP contribution in [0.15, 0.2) is 12.2 Å². The Morgan fingerprint density at radius 3 is 2.71 bits per heavy atom. The smallest absolute Gasteiger partial charge is 0.224 e. The maximum Gasteiger partial charge on any atom is 0.224 e. The Hall–Kier alpha value is -0.870. The van der Waals surface area contributed by atoms with E-state index in [0.717, 1.165) is 50.2 Å². The van der Waals surface area contributed by atoms with Gasteiger partial charge < -0.3 is 15.0 Å². The van der Waals surface area contributed by atoms with Gasteiger partial charge in [-0.1, -0.05) is 12.2 Å². The Kier molecular flexibility index (Phi) is 4.96. The number of likely N-dealkylation sites (tertiary alicyclic amines) is 1. The zero-order chi connectivity index (χ0) is 14.7. The predicted molar refractivity (Wildman–Crippen MR) is 82.9 cm³/mol. The van der Waals surface area contributed by atoms with E-state index < -0.39 is 0 Å². The van der Waals surface area contributed by atoms with Gasteiger partial charge >= 0.3 is 0 Å². The van der Waals surface area contributed by atoms with Crippen LogP contribution in [-0.2, 0) is 9.53 Å². The van der Waals surface area contributed by atoms with Gasteiger partial charge in [-0.2, -0.15) is 0 Å². The molecular formula is C17H28N2O2. The van der Waals surface area contributed by atoms with Crippen molar-refractivity contribution in [2.75, 3.05) is 33.4 Å². The van der Waals surface area contributed by atoms with Crippen LogP contribution < -0.4 is 5.32 Å². The summed E-state index contributed by atoms with van der Waals surface area (Å²) in [7, 11) is 1.65. The first-order chi connectivity index (χ1) is 10.3. The molecule has 0 aromatic heterocycles. The van der Waals surface area contributed by atoms with Crippen LogP contribution in [0.25, 0.3) is 0 Å². The minimum absolute atomic E-state index is 0.244. The van der Waals surface area contributed by atoms with Crippen molar-refractivity contribution in [3.8, 4) is 0 Å². The van der Waals surface area contributed by atoms with Crippen molar-refractivity contribution in [3.63, 3.8) is 0 Å². The van der Waals surface area contributed by atoms with Gasteiger partial charge in [0.2, 0.25) is 5.91 Å². The van der Waals surface area contributed by atoms with Crippen molar-refractivity contribution >= 4 is 5.91 Å². The second-order valence-corrected chi connectivity index (χ2v) is 6.85. The topological polar surface area (TPSA) is 41.6 Å². The molecule has 1 heterocycles. The summed E-state index contributed by atoms with van der Waals surface area (Å²) in [5, 5.41) is 3.75. The molecule has 1 saturated carbocycles. The van der Waals surface area contributed by atoms with Crippen LogP contribution in [0.1, 0.15) is 32.1 Å². The van der Waals surface area contributed by atoms with Crippen molar-refractivity contribution in [3.05, 3.63) is 12.2 Å². The number of carbonyl (C=O) groups excluding carboxylic acids is 1. The van der Waals surface area contributed by atoms with Gasteiger partial charge in [0.05, 0.1) is 13.0 Å². The molecule has 1 amide bonds. The number of methoxy groups -OCH3 is 1. The lowest BCUT2D eigenvalue weighted by Crippen LogP contribution is -2.46. The van der Waals surface area contributed by atoms with Crippen molar-refractivity contribution in [2.45, 2.75) is 38.1 Å². The normalized spacial score (nSPS) is 32.0. The van der Waals surface area contributed by atoms with Gasteiger partial charge in [-0.25, -0.2) is 0 Å². The molecule has 2 aliphatic carbocycles. The first-order valence-electron chi connectivity index (χ1n) is 8.44. The molecule has 2 fully saturated rings. The summed E-state index contributed by atoms with van der Waals surface area (Å²) in [5.74, 6) is 2.79. The number of nitrogens with zero attached hydrogens (tertiary/aromatic N) is 1. The third kappa shape index (κ3) is 3.67. The molecule has 3 aliphatic rings. The number of nitrogens with one attached hydrogen (secondary N) is 1. The lowest BCUT2D eigenvalue weighted by atomic mass is 9.93. The summed E-state index contributed by atoms with van der Waals surface area (Å²) in [6.07, 6.45) is 10.3. The van der Waals surface area contributed by atoms with E-state index in [1.807, 2.05) is 4.90 Å². The van der Waals surface area contributed by atoms with Crippen LogP contribution in [-0.4, -0.2) is 50.2 Å². The van der Waals surface area contributed by atoms with Gasteiger partial charge in [0.25, 0.3) is 0 Å². The van der Waals surface area contributed by atoms with Gasteiger partial charge in [-0.15, -0.1) is 0 Å². The Balaban J connectivity index is 1.34. The molecule has 4 heteroatoms. The summed E-state index contributed by atoms with van der Waals surface area (Å²) < 4.78 is 4.98. The fourth-order valence-electron chi connectivity index (χ4n) is 4.13. The number of hydrogen-bond acceptors (Lipinski definition) is 3. The van der Waals surface area contributed by atoms with E-state index in [1.54, 1.807) is 7.11 Å². The highest BCUT2D eigenvalue weighted by atomic mass is 16.5. The molecule has 118 valence electrons. The fraction of sp³-hybridized carbons (Fsp3) is 0.824. The van der Waals surface area contributed by atoms with Crippen LogP contribution in [0.4, 0.5) is 0 Å². The van der Waals surface area contributed by atoms with Gasteiger partial charge in [0, 0.05) is 26.2 Å². The van der Waals surface area contributed by atoms with Crippen LogP contribution >= 0.6 is 0 Å². The van der Waals surface area contributed by atoms with Crippen LogP contribution in [0.2, 0.25) is 0 Å². The number of fused-ring (bicyclic) bond motifs is 2. The molecule has 1 saturated heterocycles. The van der Waals surface area contributed by atoms with Crippen molar-refractivity contribution in [1.29, 1.82) is 0 Å². The average molecular weight is 292 g/mol. The third-order valence-electron chi connectivity index (χ3n) is 5.45. The number of carbonyl (C=O) groups is 1. The third-order valence-corrected chi connectivity index (χ3v) is 5.45. The molecular weight excluding hydrogens is 264 g/mol. The van der Waals surface area contributed by atoms with E-state index in [0.29, 0.717) is 19.1 Å². The highest BCUT2D eigenvalue weighted by molar-refractivity contribution is 5.76. The molecule has 0 radical (unpaired) electrons. The molecule has 2 bridgehead atoms. The number of allylic oxidation sites excluding steroid dienone is 2. The molecule has 3 unspecified atom stereocenters. The monoisotopic (exact) mass is 292 g/mol. The Morgan fingerprint density at radius 1 is 1.29 bits per heavy atom. The molecule has 3 rings (SSSR count). The largest absolute Gasteiger partial charge is 0.384 e. The molecule has 1 aliphatic heterocycles. The molecule has 4 nitrogen and oxygen atoms in total. The first kappa shape index (κ1) is 15.0. The van der Waals surface area contributed by atoms with Crippen LogP contribution in [0, 0.1) is 17.8 Å². The summed E-state index contributed by atoms with van der Waals surface area (Å²) in [6, 6.07) is 0.597. The van der Waals surface area contributed by atoms with Gasteiger partial charge in [0.1, 0.15) is 0 Å². The lowest BCUT2D eigenvalue weighted by Gasteiger charge is -2.33. The number of rotatable bonds is 6. The van der Waals surface area contributed by atoms with E-state index in [2.05, 4.69) is 17.5 Å². The van der Waals surface area contributed by atoms with E-state index >= 15 is 0 Å². The Labute approximate surface area is 127 Å². The minimum atomic E-state index is 0.244. The quantitative estimate of drug-likeness (QED) is 0.759. The molecule has 1 N–H and O–H groups in total. The zero-order valence-corrected chi connectivity index (χ0v) is 13.1. The standard InChI is InChI=1S/C17H28N2O2/c1-21-9-6-17(20)19-7-4-16(5-8-19)18-12-15-11-13-2-3-14(15)10-13/h2-3,13-16,18H,4-12H2,1H3. The lowest BCUT2D eigenvalue weighted by molar-refractivity contribution is -0.133. The molecule has 21 heavy (non-hydrogen) atoms. The Bertz CT molecular complexity index is 388. The molecule has 0 aromatic carbocycles. The van der Waals surface area contributed by atoms with Crippen molar-refractivity contribution < 1.29 is 9.53 Å². The second kappa shape index (κ2) is 6.93. The SMILES string of the molecule is COCCC(=O)N1CCC(NCC2CC3C=CC2C3)CC1. The van der Waals surface area contributed by atoms with Gasteiger partial charge in [0.15, 0.2) is 0 Å². The maximum absolute atomic E-state index is 11.9. The van der Waals surface area contributed by atoms with E-state index in [9.17, 15) is 4.79 Å². The highest BCUT2D eigenvalue weighted by Gasteiger charge is 2.35. The minimum Gasteiger partial charge on any atom is -0.384 e. The highest BCUT2D eigenvalue weighted by Crippen LogP contribution is 2.43. The summed E-state index contributed by atoms with van der Waals surface area (Å²) >= 11 is 0. The Morgan fingerprint density at radius 2 is 2.10 bits per heavy atom. The first-order valence-corrected chi connectivity index (χ1v) is 8.44. The zero-order valence-electron chi connectivity index (χ0n) is 13.1. The second-order valence-electron chi connectivity index (χ2n) is 6.85. The van der Waals surface area contributed by atoms with Crippen molar-refractivity contribution in [2.24, 2.45) is 17.8 Å². The van der Waals surface area contributed by atoms with E-state index in [1.165, 1.54) is 12.8 Å². The number of hydrogen-bond donors (Lipinski definition) is 1. The average Bonchev–Trinajstić information content (AvgIpc) is 3.14. The number of ether oxygens (including phenoxy) is 1. The van der Waals surface area contributed by atoms with E-state index in [4.69, 9.17) is 4.74 Å². The fourth-order valence-corrected chi connectivity index (χ4v) is 4.13. The maximum atomic E-state index is 11.9. The van der Waals surface area contributed by atoms with E-state index in [-0.39, 0.29) is 5.91 Å². The summed E-state index contributed by atoms with van der Waals surface area (Å²) in [4.78, 5) is 13.9. The summed E-state index contributed by atoms with van der Waals surface area (Å²) in [5.41, 5.74) is 0. The van der Waals surface area contributed by atoms with Crippen LogP contribution in [0.3, 0.4) is 0 Å². The number of amides is 1. The van der Waals surface area contributed by atoms with Crippen LogP contribution in [0.5, 0.6) is 0 Å².